The Morgan fingerprint density at radius 1 is 1.00 bits per heavy atom. The fourth-order valence-electron chi connectivity index (χ4n) is 5.84. The molecule has 0 saturated heterocycles. The van der Waals surface area contributed by atoms with Crippen LogP contribution in [0.25, 0.3) is 4.98 Å². The van der Waals surface area contributed by atoms with E-state index in [1.165, 1.54) is 10.5 Å². The van der Waals surface area contributed by atoms with Gasteiger partial charge < -0.3 is 27.3 Å². The van der Waals surface area contributed by atoms with Crippen molar-refractivity contribution in [3.05, 3.63) is 80.9 Å². The number of nitrogens with zero attached hydrogens (tertiary/aromatic N) is 1. The van der Waals surface area contributed by atoms with Crippen molar-refractivity contribution in [2.45, 2.75) is 74.9 Å². The summed E-state index contributed by atoms with van der Waals surface area (Å²) in [4.78, 5) is 7.00. The Labute approximate surface area is 214 Å². The van der Waals surface area contributed by atoms with E-state index in [4.69, 9.17) is 4.98 Å². The first kappa shape index (κ1) is 30.9. The zero-order valence-electron chi connectivity index (χ0n) is 21.4. The van der Waals surface area contributed by atoms with E-state index in [2.05, 4.69) is 102 Å². The van der Waals surface area contributed by atoms with Gasteiger partial charge in [0.25, 0.3) is 0 Å². The van der Waals surface area contributed by atoms with Crippen LogP contribution in [0.5, 0.6) is 0 Å². The zero-order chi connectivity index (χ0) is 19.6. The topological polar surface area (TPSA) is 14.1 Å². The van der Waals surface area contributed by atoms with Gasteiger partial charge in [-0.25, -0.2) is 0 Å². The molecule has 0 radical (unpaired) electrons. The van der Waals surface area contributed by atoms with E-state index in [-0.39, 0.29) is 49.5 Å². The van der Waals surface area contributed by atoms with Crippen LogP contribution in [-0.4, -0.2) is 19.0 Å². The monoisotopic (exact) mass is 489 g/mol. The standard InChI is InChI=1S/C24H34NSSi.3CH3.Ti/c1-15(2)16-12-13-17-19(14-16)23(27(6,7)25-24(3,4)5)22-21(17)18-10-8-9-11-20(18)26-22;;;;/h8-15,17,19,21-23H,1-7H3;3*1H3;/q4*-1;+4. The molecule has 170 valence electrons. The molecule has 1 aromatic carbocycles. The molecular formula is C27H43NSSiTi. The Hall–Kier alpha value is -0.0588. The van der Waals surface area contributed by atoms with Crippen LogP contribution in [0.1, 0.15) is 46.1 Å². The number of hydrogen-bond acceptors (Lipinski definition) is 1. The third-order valence-corrected chi connectivity index (χ3v) is 11.9. The first-order valence-corrected chi connectivity index (χ1v) is 14.4. The van der Waals surface area contributed by atoms with E-state index in [0.717, 1.165) is 0 Å². The molecule has 1 fully saturated rings. The Bertz CT molecular complexity index is 793. The molecule has 1 heterocycles. The number of allylic oxidation sites excluding steroid dienone is 4. The van der Waals surface area contributed by atoms with Gasteiger partial charge in [-0.2, -0.15) is 0 Å². The molecule has 2 aliphatic carbocycles. The van der Waals surface area contributed by atoms with Gasteiger partial charge in [-0.3, -0.25) is 0 Å². The van der Waals surface area contributed by atoms with Crippen molar-refractivity contribution in [2.75, 3.05) is 0 Å². The number of benzene rings is 1. The Morgan fingerprint density at radius 2 is 1.61 bits per heavy atom. The molecule has 3 aliphatic rings. The van der Waals surface area contributed by atoms with Crippen molar-refractivity contribution >= 4 is 20.0 Å². The summed E-state index contributed by atoms with van der Waals surface area (Å²) in [5.41, 5.74) is 3.87. The zero-order valence-corrected chi connectivity index (χ0v) is 24.7. The van der Waals surface area contributed by atoms with Crippen molar-refractivity contribution in [1.82, 2.24) is 0 Å². The van der Waals surface area contributed by atoms with Crippen LogP contribution in [0, 0.1) is 40.0 Å². The smallest absolute Gasteiger partial charge is 0.660 e. The average molecular weight is 490 g/mol. The maximum atomic E-state index is 5.48. The number of hydrogen-bond donors (Lipinski definition) is 0. The fourth-order valence-corrected chi connectivity index (χ4v) is 12.8. The second kappa shape index (κ2) is 10.9. The molecule has 1 aromatic rings. The molecule has 31 heavy (non-hydrogen) atoms. The van der Waals surface area contributed by atoms with Gasteiger partial charge in [0.2, 0.25) is 0 Å². The summed E-state index contributed by atoms with van der Waals surface area (Å²) < 4.78 is 0. The molecule has 0 N–H and O–H groups in total. The minimum Gasteiger partial charge on any atom is -0.660 e. The molecule has 5 unspecified atom stereocenters. The van der Waals surface area contributed by atoms with Crippen LogP contribution in [0.15, 0.2) is 53.0 Å². The summed E-state index contributed by atoms with van der Waals surface area (Å²) in [6, 6.07) is 9.16. The van der Waals surface area contributed by atoms with Crippen LogP contribution in [0.2, 0.25) is 18.6 Å². The first-order chi connectivity index (χ1) is 12.6. The van der Waals surface area contributed by atoms with Crippen molar-refractivity contribution in [3.8, 4) is 0 Å². The van der Waals surface area contributed by atoms with Gasteiger partial charge >= 0.3 is 21.7 Å². The van der Waals surface area contributed by atoms with Crippen LogP contribution in [-0.2, 0) is 21.7 Å². The normalized spacial score (nSPS) is 28.1. The minimum atomic E-state index is -1.78. The summed E-state index contributed by atoms with van der Waals surface area (Å²) in [6.07, 6.45) is 7.63. The van der Waals surface area contributed by atoms with E-state index in [9.17, 15) is 0 Å². The predicted octanol–water partition coefficient (Wildman–Crippen LogP) is 8.74. The molecular weight excluding hydrogens is 446 g/mol. The largest absolute Gasteiger partial charge is 4.00 e. The number of rotatable bonds is 3. The molecule has 0 amide bonds. The molecule has 1 saturated carbocycles. The summed E-state index contributed by atoms with van der Waals surface area (Å²) in [7, 11) is -1.78. The molecule has 5 atom stereocenters. The Balaban J connectivity index is 0.00000225. The summed E-state index contributed by atoms with van der Waals surface area (Å²) in [6.45, 7) is 16.5. The second-order valence-electron chi connectivity index (χ2n) is 10.4. The molecule has 0 spiro atoms. The molecule has 0 aromatic heterocycles. The average Bonchev–Trinajstić information content (AvgIpc) is 3.05. The Morgan fingerprint density at radius 3 is 2.19 bits per heavy atom. The molecule has 0 bridgehead atoms. The summed E-state index contributed by atoms with van der Waals surface area (Å²) in [5.74, 6) is 2.55. The van der Waals surface area contributed by atoms with Gasteiger partial charge in [0.1, 0.15) is 0 Å². The van der Waals surface area contributed by atoms with Gasteiger partial charge in [-0.15, -0.1) is 17.3 Å². The van der Waals surface area contributed by atoms with Gasteiger partial charge in [0, 0.05) is 16.1 Å². The van der Waals surface area contributed by atoms with Gasteiger partial charge in [0.05, 0.1) is 0 Å². The minimum absolute atomic E-state index is 0. The first-order valence-electron chi connectivity index (χ1n) is 10.5. The van der Waals surface area contributed by atoms with Crippen molar-refractivity contribution < 1.29 is 21.7 Å². The summed E-state index contributed by atoms with van der Waals surface area (Å²) >= 11 is 2.15. The third-order valence-electron chi connectivity index (χ3n) is 6.52. The number of fused-ring (bicyclic) bond motifs is 5. The SMILES string of the molecule is CC(C)C1=CC2C(C=C1)C1c3ccccc3SC1C2[Si](C)(C)[N-]C(C)(C)C.[CH3-].[CH3-].[CH3-].[Ti+4]. The fraction of sp³-hybridized carbons (Fsp3) is 0.519. The van der Waals surface area contributed by atoms with E-state index >= 15 is 0 Å². The van der Waals surface area contributed by atoms with Crippen LogP contribution in [0.3, 0.4) is 0 Å². The Kier molecular flexibility index (Phi) is 10.9. The van der Waals surface area contributed by atoms with E-state index in [1.807, 2.05) is 0 Å². The van der Waals surface area contributed by atoms with Gasteiger partial charge in [-0.1, -0.05) is 92.4 Å². The number of thioether (sulfide) groups is 1. The van der Waals surface area contributed by atoms with E-state index in [0.29, 0.717) is 34.5 Å². The second-order valence-corrected chi connectivity index (χ2v) is 15.9. The van der Waals surface area contributed by atoms with E-state index in [1.54, 1.807) is 5.56 Å². The van der Waals surface area contributed by atoms with Crippen molar-refractivity contribution in [3.63, 3.8) is 0 Å². The maximum Gasteiger partial charge on any atom is 4.00 e. The molecule has 4 rings (SSSR count). The molecule has 1 nitrogen and oxygen atoms in total. The molecule has 4 heteroatoms. The van der Waals surface area contributed by atoms with Crippen LogP contribution < -0.4 is 0 Å². The van der Waals surface area contributed by atoms with Crippen LogP contribution >= 0.6 is 11.8 Å². The van der Waals surface area contributed by atoms with E-state index < -0.39 is 8.24 Å². The van der Waals surface area contributed by atoms with Gasteiger partial charge in [0.15, 0.2) is 0 Å². The van der Waals surface area contributed by atoms with Crippen molar-refractivity contribution in [2.24, 2.45) is 17.8 Å². The molecule has 1 aliphatic heterocycles. The summed E-state index contributed by atoms with van der Waals surface area (Å²) in [5, 5.41) is 0.678. The quantitative estimate of drug-likeness (QED) is 0.306. The predicted molar refractivity (Wildman–Crippen MR) is 141 cm³/mol. The van der Waals surface area contributed by atoms with Crippen molar-refractivity contribution in [1.29, 1.82) is 0 Å². The van der Waals surface area contributed by atoms with Gasteiger partial charge in [-0.05, 0) is 40.5 Å². The maximum absolute atomic E-state index is 5.48. The van der Waals surface area contributed by atoms with Crippen LogP contribution in [0.4, 0.5) is 0 Å². The third kappa shape index (κ3) is 5.72.